The molecule has 2 amide bonds. The normalized spacial score (nSPS) is 11.9. The summed E-state index contributed by atoms with van der Waals surface area (Å²) in [5, 5.41) is 15.1. The molecule has 6 nitrogen and oxygen atoms in total. The number of imidazole rings is 1. The third-order valence-corrected chi connectivity index (χ3v) is 2.93. The first-order valence-corrected chi connectivity index (χ1v) is 6.56. The van der Waals surface area contributed by atoms with Gasteiger partial charge in [0.1, 0.15) is 5.82 Å². The summed E-state index contributed by atoms with van der Waals surface area (Å²) in [4.78, 5) is 15.4. The Morgan fingerprint density at radius 2 is 2.10 bits per heavy atom. The Morgan fingerprint density at radius 1 is 1.33 bits per heavy atom. The molecule has 0 aliphatic carbocycles. The van der Waals surface area contributed by atoms with Gasteiger partial charge in [-0.05, 0) is 17.7 Å². The fraction of sp³-hybridized carbons (Fsp3) is 0.286. The zero-order valence-electron chi connectivity index (χ0n) is 11.4. The van der Waals surface area contributed by atoms with Gasteiger partial charge in [-0.25, -0.2) is 14.2 Å². The molecule has 0 aliphatic rings. The molecule has 0 aliphatic heterocycles. The van der Waals surface area contributed by atoms with E-state index in [9.17, 15) is 14.3 Å². The van der Waals surface area contributed by atoms with Crippen molar-refractivity contribution in [1.82, 2.24) is 20.2 Å². The second kappa shape index (κ2) is 7.39. The van der Waals surface area contributed by atoms with Crippen molar-refractivity contribution in [2.75, 3.05) is 13.1 Å². The molecule has 0 fully saturated rings. The van der Waals surface area contributed by atoms with Crippen LogP contribution in [0.4, 0.5) is 9.18 Å². The van der Waals surface area contributed by atoms with E-state index in [-0.39, 0.29) is 18.4 Å². The molecule has 0 radical (unpaired) electrons. The molecular formula is C14H17FN4O2. The van der Waals surface area contributed by atoms with Gasteiger partial charge in [-0.15, -0.1) is 0 Å². The number of hydrogen-bond acceptors (Lipinski definition) is 3. The molecule has 7 heteroatoms. The summed E-state index contributed by atoms with van der Waals surface area (Å²) in [5.74, 6) is -0.365. The first-order valence-electron chi connectivity index (χ1n) is 6.56. The Morgan fingerprint density at radius 3 is 2.76 bits per heavy atom. The molecule has 0 spiro atoms. The largest absolute Gasteiger partial charge is 0.387 e. The van der Waals surface area contributed by atoms with Gasteiger partial charge in [0.15, 0.2) is 0 Å². The monoisotopic (exact) mass is 292 g/mol. The molecule has 21 heavy (non-hydrogen) atoms. The van der Waals surface area contributed by atoms with Gasteiger partial charge in [-0.2, -0.15) is 0 Å². The lowest BCUT2D eigenvalue weighted by Gasteiger charge is -2.13. The maximum absolute atomic E-state index is 12.8. The molecule has 1 aromatic carbocycles. The summed E-state index contributed by atoms with van der Waals surface area (Å²) in [6.45, 7) is 1.13. The zero-order valence-corrected chi connectivity index (χ0v) is 11.4. The number of carbonyl (C=O) groups excluding carboxylic acids is 1. The molecule has 0 saturated carbocycles. The summed E-state index contributed by atoms with van der Waals surface area (Å²) in [5.41, 5.74) is 0.551. The quantitative estimate of drug-likeness (QED) is 0.744. The van der Waals surface area contributed by atoms with Crippen LogP contribution in [0.1, 0.15) is 11.7 Å². The van der Waals surface area contributed by atoms with Crippen molar-refractivity contribution in [2.45, 2.75) is 12.6 Å². The lowest BCUT2D eigenvalue weighted by atomic mass is 10.1. The number of aromatic nitrogens is 2. The number of urea groups is 1. The maximum Gasteiger partial charge on any atom is 0.314 e. The van der Waals surface area contributed by atoms with Crippen LogP contribution in [-0.2, 0) is 6.54 Å². The highest BCUT2D eigenvalue weighted by Gasteiger charge is 2.09. The van der Waals surface area contributed by atoms with Gasteiger partial charge in [0.2, 0.25) is 0 Å². The van der Waals surface area contributed by atoms with Gasteiger partial charge in [0.25, 0.3) is 0 Å². The molecule has 1 heterocycles. The average Bonchev–Trinajstić information content (AvgIpc) is 2.99. The number of amides is 2. The van der Waals surface area contributed by atoms with E-state index < -0.39 is 6.10 Å². The molecule has 3 N–H and O–H groups in total. The van der Waals surface area contributed by atoms with Gasteiger partial charge in [-0.3, -0.25) is 0 Å². The van der Waals surface area contributed by atoms with Crippen LogP contribution in [0.2, 0.25) is 0 Å². The number of aliphatic hydroxyl groups is 1. The van der Waals surface area contributed by atoms with Crippen molar-refractivity contribution in [3.8, 4) is 0 Å². The minimum absolute atomic E-state index is 0.0581. The number of benzene rings is 1. The van der Waals surface area contributed by atoms with E-state index in [1.54, 1.807) is 18.7 Å². The van der Waals surface area contributed by atoms with Gasteiger partial charge < -0.3 is 20.3 Å². The second-order valence-electron chi connectivity index (χ2n) is 4.50. The number of aliphatic hydroxyl groups excluding tert-OH is 1. The van der Waals surface area contributed by atoms with Crippen LogP contribution in [0.15, 0.2) is 43.0 Å². The van der Waals surface area contributed by atoms with Crippen molar-refractivity contribution in [1.29, 1.82) is 0 Å². The summed E-state index contributed by atoms with van der Waals surface area (Å²) in [6, 6.07) is 5.14. The molecule has 2 aromatic rings. The summed E-state index contributed by atoms with van der Waals surface area (Å²) in [7, 11) is 0. The van der Waals surface area contributed by atoms with Crippen molar-refractivity contribution < 1.29 is 14.3 Å². The van der Waals surface area contributed by atoms with Gasteiger partial charge in [0, 0.05) is 32.0 Å². The van der Waals surface area contributed by atoms with E-state index in [0.29, 0.717) is 18.7 Å². The molecular weight excluding hydrogens is 275 g/mol. The molecule has 1 atom stereocenters. The Labute approximate surface area is 121 Å². The van der Waals surface area contributed by atoms with E-state index in [4.69, 9.17) is 0 Å². The third kappa shape index (κ3) is 4.88. The summed E-state index contributed by atoms with van der Waals surface area (Å²) < 4.78 is 14.6. The number of hydrogen-bond donors (Lipinski definition) is 3. The van der Waals surface area contributed by atoms with Gasteiger partial charge >= 0.3 is 6.03 Å². The van der Waals surface area contributed by atoms with E-state index in [0.717, 1.165) is 0 Å². The highest BCUT2D eigenvalue weighted by molar-refractivity contribution is 5.73. The molecule has 0 unspecified atom stereocenters. The van der Waals surface area contributed by atoms with E-state index in [1.807, 2.05) is 4.57 Å². The predicted molar refractivity (Wildman–Crippen MR) is 75.0 cm³/mol. The van der Waals surface area contributed by atoms with Crippen LogP contribution in [0.5, 0.6) is 0 Å². The van der Waals surface area contributed by atoms with Gasteiger partial charge in [-0.1, -0.05) is 12.1 Å². The van der Waals surface area contributed by atoms with Crippen LogP contribution in [-0.4, -0.2) is 33.8 Å². The third-order valence-electron chi connectivity index (χ3n) is 2.93. The van der Waals surface area contributed by atoms with E-state index >= 15 is 0 Å². The Bertz CT molecular complexity index is 557. The SMILES string of the molecule is O=C(NCCn1ccnc1)NC[C@@H](O)c1ccc(F)cc1. The Hall–Kier alpha value is -2.41. The van der Waals surface area contributed by atoms with Crippen LogP contribution >= 0.6 is 0 Å². The zero-order chi connectivity index (χ0) is 15.1. The van der Waals surface area contributed by atoms with Crippen LogP contribution in [0, 0.1) is 5.82 Å². The van der Waals surface area contributed by atoms with Crippen molar-refractivity contribution in [2.24, 2.45) is 0 Å². The van der Waals surface area contributed by atoms with E-state index in [1.165, 1.54) is 24.3 Å². The fourth-order valence-electron chi connectivity index (χ4n) is 1.77. The first-order chi connectivity index (χ1) is 10.1. The fourth-order valence-corrected chi connectivity index (χ4v) is 1.77. The summed E-state index contributed by atoms with van der Waals surface area (Å²) >= 11 is 0. The molecule has 0 saturated heterocycles. The smallest absolute Gasteiger partial charge is 0.314 e. The lowest BCUT2D eigenvalue weighted by molar-refractivity contribution is 0.173. The van der Waals surface area contributed by atoms with Crippen LogP contribution in [0.25, 0.3) is 0 Å². The predicted octanol–water partition coefficient (Wildman–Crippen LogP) is 1.05. The van der Waals surface area contributed by atoms with Crippen LogP contribution < -0.4 is 10.6 Å². The Balaban J connectivity index is 1.67. The standard InChI is InChI=1S/C14H17FN4O2/c15-12-3-1-11(2-4-12)13(20)9-18-14(21)17-6-8-19-7-5-16-10-19/h1-5,7,10,13,20H,6,8-9H2,(H2,17,18,21)/t13-/m1/s1. The van der Waals surface area contributed by atoms with Crippen molar-refractivity contribution in [3.63, 3.8) is 0 Å². The number of nitrogens with zero attached hydrogens (tertiary/aromatic N) is 2. The molecule has 2 rings (SSSR count). The number of halogens is 1. The average molecular weight is 292 g/mol. The van der Waals surface area contributed by atoms with Crippen molar-refractivity contribution >= 4 is 6.03 Å². The minimum Gasteiger partial charge on any atom is -0.387 e. The second-order valence-corrected chi connectivity index (χ2v) is 4.50. The highest BCUT2D eigenvalue weighted by Crippen LogP contribution is 2.12. The van der Waals surface area contributed by atoms with E-state index in [2.05, 4.69) is 15.6 Å². The first kappa shape index (κ1) is 15.0. The topological polar surface area (TPSA) is 79.2 Å². The lowest BCUT2D eigenvalue weighted by Crippen LogP contribution is -2.39. The summed E-state index contributed by atoms with van der Waals surface area (Å²) in [6.07, 6.45) is 4.26. The molecule has 1 aromatic heterocycles. The highest BCUT2D eigenvalue weighted by atomic mass is 19.1. The van der Waals surface area contributed by atoms with Crippen LogP contribution in [0.3, 0.4) is 0 Å². The Kier molecular flexibility index (Phi) is 5.28. The minimum atomic E-state index is -0.870. The van der Waals surface area contributed by atoms with Gasteiger partial charge in [0.05, 0.1) is 12.4 Å². The maximum atomic E-state index is 12.8. The number of rotatable bonds is 6. The number of nitrogens with one attached hydrogen (secondary N) is 2. The molecule has 0 bridgehead atoms. The van der Waals surface area contributed by atoms with Crippen molar-refractivity contribution in [3.05, 3.63) is 54.4 Å². The molecule has 112 valence electrons. The number of carbonyl (C=O) groups is 1.